The number of hydrazine groups is 1. The second-order valence-corrected chi connectivity index (χ2v) is 10.8. The summed E-state index contributed by atoms with van der Waals surface area (Å²) in [6, 6.07) is 9.90. The van der Waals surface area contributed by atoms with E-state index in [1.807, 2.05) is 6.07 Å². The molecule has 2 aliphatic rings. The lowest BCUT2D eigenvalue weighted by atomic mass is 9.92. The lowest BCUT2D eigenvalue weighted by Crippen LogP contribution is -2.54. The van der Waals surface area contributed by atoms with Crippen molar-refractivity contribution in [3.63, 3.8) is 0 Å². The summed E-state index contributed by atoms with van der Waals surface area (Å²) >= 11 is 6.53. The number of benzene rings is 1. The zero-order chi connectivity index (χ0) is 30.7. The molecule has 2 atom stereocenters. The van der Waals surface area contributed by atoms with Crippen molar-refractivity contribution in [2.75, 3.05) is 9.91 Å². The molecule has 2 aromatic heterocycles. The molecule has 1 aliphatic heterocycles. The number of alkyl halides is 2. The first-order chi connectivity index (χ1) is 20.6. The smallest absolute Gasteiger partial charge is 0.317 e. The molecule has 2 amide bonds. The van der Waals surface area contributed by atoms with Crippen LogP contribution in [0.4, 0.5) is 24.7 Å². The number of nitroso groups, excluding NO2 is 1. The molecule has 0 spiro atoms. The van der Waals surface area contributed by atoms with Gasteiger partial charge in [0, 0.05) is 54.6 Å². The van der Waals surface area contributed by atoms with Crippen molar-refractivity contribution in [3.8, 4) is 6.07 Å². The summed E-state index contributed by atoms with van der Waals surface area (Å²) in [6.07, 6.45) is 1.35. The summed E-state index contributed by atoms with van der Waals surface area (Å²) in [4.78, 5) is 51.0. The third-order valence-electron chi connectivity index (χ3n) is 7.48. The Bertz CT molecular complexity index is 1590. The van der Waals surface area contributed by atoms with Gasteiger partial charge in [0.25, 0.3) is 5.91 Å². The van der Waals surface area contributed by atoms with Crippen LogP contribution in [0.5, 0.6) is 0 Å². The molecule has 3 aromatic rings. The van der Waals surface area contributed by atoms with E-state index in [0.717, 1.165) is 22.2 Å². The van der Waals surface area contributed by atoms with E-state index in [4.69, 9.17) is 11.6 Å². The van der Waals surface area contributed by atoms with Crippen LogP contribution >= 0.6 is 11.6 Å². The first kappa shape index (κ1) is 29.9. The van der Waals surface area contributed by atoms with Crippen LogP contribution in [0.15, 0.2) is 61.1 Å². The van der Waals surface area contributed by atoms with E-state index in [0.29, 0.717) is 4.87 Å². The molecule has 0 bridgehead atoms. The van der Waals surface area contributed by atoms with Gasteiger partial charge >= 0.3 is 6.17 Å². The second-order valence-electron chi connectivity index (χ2n) is 10.4. The molecule has 43 heavy (non-hydrogen) atoms. The van der Waals surface area contributed by atoms with Crippen molar-refractivity contribution < 1.29 is 27.6 Å². The third kappa shape index (κ3) is 6.44. The summed E-state index contributed by atoms with van der Waals surface area (Å²) in [7, 11) is 0. The number of pyridine rings is 2. The largest absolute Gasteiger partial charge is 0.351 e. The van der Waals surface area contributed by atoms with Crippen molar-refractivity contribution in [1.29, 1.82) is 5.26 Å². The van der Waals surface area contributed by atoms with Gasteiger partial charge in [-0.2, -0.15) is 5.26 Å². The van der Waals surface area contributed by atoms with Crippen LogP contribution in [-0.4, -0.2) is 44.8 Å². The number of hydrogen-bond donors (Lipinski definition) is 1. The van der Waals surface area contributed by atoms with Crippen LogP contribution in [0.25, 0.3) is 0 Å². The van der Waals surface area contributed by atoms with Crippen LogP contribution in [0.2, 0.25) is 5.02 Å². The van der Waals surface area contributed by atoms with E-state index in [9.17, 15) is 32.9 Å². The highest BCUT2D eigenvalue weighted by Gasteiger charge is 2.51. The SMILES string of the molecule is N#Cc1ccnc(N2C(=O)CCC2[N+](=O)N(c2cncc(F)c2)C(C(=O)NC2CCC(F)(F)CC2)c2ccccc2Cl)c1. The average Bonchev–Trinajstić information content (AvgIpc) is 3.38. The number of rotatable bonds is 8. The molecule has 5 rings (SSSR count). The van der Waals surface area contributed by atoms with Crippen molar-refractivity contribution >= 4 is 34.9 Å². The first-order valence-electron chi connectivity index (χ1n) is 13.5. The minimum Gasteiger partial charge on any atom is -0.351 e. The molecular weight excluding hydrogens is 587 g/mol. The second kappa shape index (κ2) is 12.3. The maximum Gasteiger partial charge on any atom is 0.317 e. The van der Waals surface area contributed by atoms with Gasteiger partial charge in [-0.1, -0.05) is 34.8 Å². The van der Waals surface area contributed by atoms with Crippen molar-refractivity contribution in [2.24, 2.45) is 0 Å². The standard InChI is InChI=1S/C29H25ClF3N7O3/c30-23-4-2-1-3-22(23)27(28(42)37-20-7-10-29(32,33)11-8-20)39(21-14-19(31)16-35-17-21)40(43)25-5-6-26(41)38(25)24-13-18(15-34)9-12-36-24/h1-4,9,12-14,16-17,20,25,27H,5-8,10-11H2/p+1. The fourth-order valence-electron chi connectivity index (χ4n) is 5.37. The minimum absolute atomic E-state index is 0.00854. The number of nitriles is 1. The molecule has 1 saturated carbocycles. The van der Waals surface area contributed by atoms with E-state index in [1.54, 1.807) is 12.1 Å². The van der Waals surface area contributed by atoms with E-state index in [2.05, 4.69) is 15.3 Å². The minimum atomic E-state index is -2.83. The Morgan fingerprint density at radius 1 is 1.19 bits per heavy atom. The van der Waals surface area contributed by atoms with E-state index < -0.39 is 54.6 Å². The Labute approximate surface area is 249 Å². The summed E-state index contributed by atoms with van der Waals surface area (Å²) < 4.78 is 42.2. The van der Waals surface area contributed by atoms with Gasteiger partial charge in [0.05, 0.1) is 28.9 Å². The predicted octanol–water partition coefficient (Wildman–Crippen LogP) is 5.23. The average molecular weight is 613 g/mol. The quantitative estimate of drug-likeness (QED) is 0.273. The summed E-state index contributed by atoms with van der Waals surface area (Å²) in [5.74, 6) is -4.77. The van der Waals surface area contributed by atoms with Gasteiger partial charge < -0.3 is 5.32 Å². The monoisotopic (exact) mass is 612 g/mol. The lowest BCUT2D eigenvalue weighted by Gasteiger charge is -2.32. The number of halogens is 4. The Morgan fingerprint density at radius 3 is 2.63 bits per heavy atom. The molecule has 3 heterocycles. The lowest BCUT2D eigenvalue weighted by molar-refractivity contribution is -0.598. The maximum atomic E-state index is 14.5. The predicted molar refractivity (Wildman–Crippen MR) is 149 cm³/mol. The molecule has 1 N–H and O–H groups in total. The Balaban J connectivity index is 1.59. The zero-order valence-electron chi connectivity index (χ0n) is 22.7. The van der Waals surface area contributed by atoms with Crippen LogP contribution in [0, 0.1) is 22.1 Å². The van der Waals surface area contributed by atoms with Crippen molar-refractivity contribution in [2.45, 2.75) is 62.7 Å². The van der Waals surface area contributed by atoms with Crippen molar-refractivity contribution in [1.82, 2.24) is 15.3 Å². The number of carbonyl (C=O) groups is 2. The first-order valence-corrected chi connectivity index (χ1v) is 13.9. The van der Waals surface area contributed by atoms with E-state index in [1.165, 1.54) is 36.7 Å². The van der Waals surface area contributed by atoms with Gasteiger partial charge in [-0.25, -0.2) is 23.1 Å². The van der Waals surface area contributed by atoms with Gasteiger partial charge in [-0.15, -0.1) is 0 Å². The third-order valence-corrected chi connectivity index (χ3v) is 7.83. The number of carbonyl (C=O) groups excluding carboxylic acids is 2. The highest BCUT2D eigenvalue weighted by atomic mass is 35.5. The van der Waals surface area contributed by atoms with Gasteiger partial charge in [-0.05, 0) is 31.0 Å². The Kier molecular flexibility index (Phi) is 8.59. The normalized spacial score (nSPS) is 19.0. The van der Waals surface area contributed by atoms with Gasteiger partial charge in [0.15, 0.2) is 6.04 Å². The Hall–Kier alpha value is -4.57. The Morgan fingerprint density at radius 2 is 1.93 bits per heavy atom. The van der Waals surface area contributed by atoms with Crippen molar-refractivity contribution in [3.05, 3.63) is 87.9 Å². The highest BCUT2D eigenvalue weighted by Crippen LogP contribution is 2.37. The number of anilines is 2. The fraction of sp³-hybridized carbons (Fsp3) is 0.345. The summed E-state index contributed by atoms with van der Waals surface area (Å²) in [6.45, 7) is 0. The molecule has 222 valence electrons. The number of nitrogens with one attached hydrogen (secondary N) is 1. The highest BCUT2D eigenvalue weighted by molar-refractivity contribution is 6.31. The molecule has 2 fully saturated rings. The number of nitrogens with zero attached hydrogens (tertiary/aromatic N) is 6. The summed E-state index contributed by atoms with van der Waals surface area (Å²) in [5.41, 5.74) is 0.259. The van der Waals surface area contributed by atoms with Gasteiger partial charge in [0.2, 0.25) is 11.8 Å². The molecule has 1 saturated heterocycles. The molecular formula is C29H26ClF3N7O3+. The van der Waals surface area contributed by atoms with Crippen LogP contribution in [-0.2, 0) is 9.59 Å². The molecule has 14 heteroatoms. The fourth-order valence-corrected chi connectivity index (χ4v) is 5.61. The van der Waals surface area contributed by atoms with Crippen LogP contribution in [0.1, 0.15) is 55.7 Å². The number of aromatic nitrogens is 2. The van der Waals surface area contributed by atoms with E-state index in [-0.39, 0.29) is 53.3 Å². The van der Waals surface area contributed by atoms with E-state index >= 15 is 0 Å². The molecule has 10 nitrogen and oxygen atoms in total. The van der Waals surface area contributed by atoms with Gasteiger partial charge in [-0.3, -0.25) is 14.6 Å². The van der Waals surface area contributed by atoms with Crippen LogP contribution in [0.3, 0.4) is 0 Å². The molecule has 1 aromatic carbocycles. The molecule has 0 radical (unpaired) electrons. The number of hydrogen-bond acceptors (Lipinski definition) is 6. The number of amides is 2. The molecule has 2 unspecified atom stereocenters. The summed E-state index contributed by atoms with van der Waals surface area (Å²) in [5, 5.41) is 13.2. The van der Waals surface area contributed by atoms with Gasteiger partial charge in [0.1, 0.15) is 22.2 Å². The van der Waals surface area contributed by atoms with Crippen LogP contribution < -0.4 is 15.2 Å². The topological polar surface area (TPSA) is 122 Å². The zero-order valence-corrected chi connectivity index (χ0v) is 23.4. The molecule has 1 aliphatic carbocycles. The maximum absolute atomic E-state index is 14.5.